The maximum absolute atomic E-state index is 13.9. The second-order valence-electron chi connectivity index (χ2n) is 9.97. The third-order valence-corrected chi connectivity index (χ3v) is 8.40. The van der Waals surface area contributed by atoms with Gasteiger partial charge < -0.3 is 19.5 Å². The fraction of sp³-hybridized carbons (Fsp3) is 0.400. The van der Waals surface area contributed by atoms with Crippen LogP contribution in [0.3, 0.4) is 0 Å². The highest BCUT2D eigenvalue weighted by Gasteiger charge is 2.43. The van der Waals surface area contributed by atoms with E-state index < -0.39 is 5.92 Å². The van der Waals surface area contributed by atoms with Crippen LogP contribution in [-0.2, 0) is 14.3 Å². The molecule has 1 saturated carbocycles. The molecular weight excluding hydrogens is 534 g/mol. The number of benzene rings is 2. The van der Waals surface area contributed by atoms with Crippen LogP contribution in [-0.4, -0.2) is 32.1 Å². The number of halogens is 1. The van der Waals surface area contributed by atoms with Gasteiger partial charge in [0.25, 0.3) is 0 Å². The molecule has 1 aliphatic heterocycles. The van der Waals surface area contributed by atoms with Crippen molar-refractivity contribution in [3.8, 4) is 11.5 Å². The number of hydrogen-bond acceptors (Lipinski definition) is 6. The van der Waals surface area contributed by atoms with E-state index in [2.05, 4.69) is 33.4 Å². The van der Waals surface area contributed by atoms with E-state index in [9.17, 15) is 9.59 Å². The lowest BCUT2D eigenvalue weighted by Gasteiger charge is -2.37. The van der Waals surface area contributed by atoms with Crippen molar-refractivity contribution in [1.29, 1.82) is 0 Å². The number of nitrogens with one attached hydrogen (secondary N) is 1. The number of Topliss-reactive ketones (excluding diaryl/α,β-unsaturated/α-hetero) is 1. The van der Waals surface area contributed by atoms with Crippen LogP contribution >= 0.6 is 15.9 Å². The highest BCUT2D eigenvalue weighted by Crippen LogP contribution is 2.49. The zero-order chi connectivity index (χ0) is 26.1. The standard InChI is InChI=1S/C30H32BrNO5/c1-17-27(30(34)37-20-11-7-8-12-20)28(21-15-25(35-2)26(36-3)16-22(21)31)29-23(32-17)13-19(14-24(29)33)18-9-5-4-6-10-18/h4-6,9-10,15-16,19-20,28,32H,7-8,11-14H2,1-3H3/t19-,28-/m1/s1. The number of dihydropyridines is 1. The number of carbonyl (C=O) groups excluding carboxylic acids is 2. The monoisotopic (exact) mass is 565 g/mol. The van der Waals surface area contributed by atoms with Gasteiger partial charge in [-0.25, -0.2) is 4.79 Å². The quantitative estimate of drug-likeness (QED) is 0.413. The normalized spacial score (nSPS) is 22.0. The second-order valence-corrected chi connectivity index (χ2v) is 10.8. The molecule has 37 heavy (non-hydrogen) atoms. The van der Waals surface area contributed by atoms with Crippen molar-refractivity contribution in [2.45, 2.75) is 63.4 Å². The van der Waals surface area contributed by atoms with Gasteiger partial charge in [0.15, 0.2) is 17.3 Å². The van der Waals surface area contributed by atoms with Gasteiger partial charge >= 0.3 is 5.97 Å². The Bertz CT molecular complexity index is 1280. The Morgan fingerprint density at radius 1 is 1.00 bits per heavy atom. The number of methoxy groups -OCH3 is 2. The van der Waals surface area contributed by atoms with Crippen molar-refractivity contribution in [3.05, 3.63) is 80.6 Å². The third kappa shape index (κ3) is 4.93. The number of ketones is 1. The number of allylic oxidation sites excluding steroid dienone is 3. The van der Waals surface area contributed by atoms with Gasteiger partial charge in [-0.15, -0.1) is 0 Å². The van der Waals surface area contributed by atoms with Crippen LogP contribution < -0.4 is 14.8 Å². The molecule has 2 aliphatic carbocycles. The third-order valence-electron chi connectivity index (χ3n) is 7.71. The van der Waals surface area contributed by atoms with Crippen LogP contribution in [0.4, 0.5) is 0 Å². The van der Waals surface area contributed by atoms with Crippen molar-refractivity contribution in [2.24, 2.45) is 0 Å². The van der Waals surface area contributed by atoms with Crippen molar-refractivity contribution in [2.75, 3.05) is 14.2 Å². The molecule has 0 bridgehead atoms. The number of carbonyl (C=O) groups is 2. The van der Waals surface area contributed by atoms with Gasteiger partial charge in [-0.2, -0.15) is 0 Å². The Morgan fingerprint density at radius 2 is 1.68 bits per heavy atom. The summed E-state index contributed by atoms with van der Waals surface area (Å²) in [4.78, 5) is 27.5. The molecule has 0 radical (unpaired) electrons. The minimum absolute atomic E-state index is 0.0351. The molecule has 0 saturated heterocycles. The van der Waals surface area contributed by atoms with E-state index in [1.165, 1.54) is 0 Å². The van der Waals surface area contributed by atoms with E-state index in [0.29, 0.717) is 35.5 Å². The molecular formula is C30H32BrNO5. The first-order chi connectivity index (χ1) is 17.9. The van der Waals surface area contributed by atoms with Gasteiger partial charge in [0.05, 0.1) is 19.8 Å². The maximum atomic E-state index is 13.9. The Labute approximate surface area is 226 Å². The van der Waals surface area contributed by atoms with Crippen molar-refractivity contribution in [1.82, 2.24) is 5.32 Å². The lowest BCUT2D eigenvalue weighted by molar-refractivity contribution is -0.144. The largest absolute Gasteiger partial charge is 0.493 e. The minimum atomic E-state index is -0.580. The molecule has 0 unspecified atom stereocenters. The summed E-state index contributed by atoms with van der Waals surface area (Å²) >= 11 is 3.69. The summed E-state index contributed by atoms with van der Waals surface area (Å²) in [5.41, 5.74) is 4.60. The summed E-state index contributed by atoms with van der Waals surface area (Å²) in [5, 5.41) is 3.44. The second kappa shape index (κ2) is 10.7. The van der Waals surface area contributed by atoms with E-state index >= 15 is 0 Å². The molecule has 1 fully saturated rings. The van der Waals surface area contributed by atoms with Gasteiger partial charge in [-0.05, 0) is 68.2 Å². The van der Waals surface area contributed by atoms with Gasteiger partial charge in [-0.1, -0.05) is 46.3 Å². The van der Waals surface area contributed by atoms with Gasteiger partial charge in [-0.3, -0.25) is 4.79 Å². The lowest BCUT2D eigenvalue weighted by atomic mass is 9.71. The Hall–Kier alpha value is -3.06. The molecule has 2 aromatic rings. The minimum Gasteiger partial charge on any atom is -0.493 e. The van der Waals surface area contributed by atoms with Crippen molar-refractivity contribution >= 4 is 27.7 Å². The molecule has 1 heterocycles. The molecule has 5 rings (SSSR count). The van der Waals surface area contributed by atoms with Crippen LogP contribution in [0.25, 0.3) is 0 Å². The number of rotatable bonds is 6. The van der Waals surface area contributed by atoms with Gasteiger partial charge in [0, 0.05) is 33.8 Å². The zero-order valence-electron chi connectivity index (χ0n) is 21.4. The van der Waals surface area contributed by atoms with Crippen molar-refractivity contribution < 1.29 is 23.8 Å². The molecule has 0 aromatic heterocycles. The fourth-order valence-corrected chi connectivity index (χ4v) is 6.44. The zero-order valence-corrected chi connectivity index (χ0v) is 23.0. The Kier molecular flexibility index (Phi) is 7.43. The summed E-state index contributed by atoms with van der Waals surface area (Å²) in [6, 6.07) is 13.8. The van der Waals surface area contributed by atoms with E-state index in [0.717, 1.165) is 52.7 Å². The van der Waals surface area contributed by atoms with E-state index in [-0.39, 0.29) is 23.8 Å². The lowest BCUT2D eigenvalue weighted by Crippen LogP contribution is -2.36. The number of ether oxygens (including phenoxy) is 3. The highest BCUT2D eigenvalue weighted by atomic mass is 79.9. The van der Waals surface area contributed by atoms with Gasteiger partial charge in [0.1, 0.15) is 6.10 Å². The summed E-state index contributed by atoms with van der Waals surface area (Å²) in [6.45, 7) is 1.90. The molecule has 3 aliphatic rings. The highest BCUT2D eigenvalue weighted by molar-refractivity contribution is 9.10. The van der Waals surface area contributed by atoms with Crippen LogP contribution in [0.5, 0.6) is 11.5 Å². The van der Waals surface area contributed by atoms with Crippen LogP contribution in [0.1, 0.15) is 68.4 Å². The first-order valence-corrected chi connectivity index (χ1v) is 13.6. The molecule has 194 valence electrons. The summed E-state index contributed by atoms with van der Waals surface area (Å²) < 4.78 is 17.8. The Balaban J connectivity index is 1.61. The summed E-state index contributed by atoms with van der Waals surface area (Å²) in [6.07, 6.45) is 4.87. The van der Waals surface area contributed by atoms with E-state index in [1.807, 2.05) is 37.3 Å². The fourth-order valence-electron chi connectivity index (χ4n) is 5.89. The van der Waals surface area contributed by atoms with E-state index in [1.54, 1.807) is 14.2 Å². The molecule has 7 heteroatoms. The predicted molar refractivity (Wildman–Crippen MR) is 145 cm³/mol. The van der Waals surface area contributed by atoms with Crippen LogP contribution in [0, 0.1) is 0 Å². The topological polar surface area (TPSA) is 73.9 Å². The van der Waals surface area contributed by atoms with Gasteiger partial charge in [0.2, 0.25) is 0 Å². The number of hydrogen-bond donors (Lipinski definition) is 1. The molecule has 0 amide bonds. The predicted octanol–water partition coefficient (Wildman–Crippen LogP) is 6.31. The molecule has 0 spiro atoms. The first kappa shape index (κ1) is 25.6. The Morgan fingerprint density at radius 3 is 2.35 bits per heavy atom. The van der Waals surface area contributed by atoms with E-state index in [4.69, 9.17) is 14.2 Å². The summed E-state index contributed by atoms with van der Waals surface area (Å²) in [5.74, 6) is 0.267. The first-order valence-electron chi connectivity index (χ1n) is 12.8. The van der Waals surface area contributed by atoms with Crippen molar-refractivity contribution in [3.63, 3.8) is 0 Å². The molecule has 2 aromatic carbocycles. The molecule has 6 nitrogen and oxygen atoms in total. The average Bonchev–Trinajstić information content (AvgIpc) is 3.41. The average molecular weight is 566 g/mol. The SMILES string of the molecule is COc1cc(Br)c([C@@H]2C(C(=O)OC3CCCC3)=C(C)NC3=C2C(=O)C[C@H](c2ccccc2)C3)cc1OC. The molecule has 2 atom stereocenters. The summed E-state index contributed by atoms with van der Waals surface area (Å²) in [7, 11) is 3.16. The van der Waals surface area contributed by atoms with Crippen LogP contribution in [0.2, 0.25) is 0 Å². The smallest absolute Gasteiger partial charge is 0.337 e. The maximum Gasteiger partial charge on any atom is 0.337 e. The molecule has 1 N–H and O–H groups in total. The number of esters is 1. The van der Waals surface area contributed by atoms with Crippen LogP contribution in [0.15, 0.2) is 69.5 Å².